The highest BCUT2D eigenvalue weighted by molar-refractivity contribution is 4.89. The Balaban J connectivity index is 3.48. The fourth-order valence-corrected chi connectivity index (χ4v) is 0.640. The first-order chi connectivity index (χ1) is 4.22. The van der Waals surface area contributed by atoms with Gasteiger partial charge in [0.05, 0.1) is 0 Å². The van der Waals surface area contributed by atoms with E-state index >= 15 is 0 Å². The SMILES string of the molecule is C#CCC(N)C(C)CC. The molecule has 2 atom stereocenters. The lowest BCUT2D eigenvalue weighted by Gasteiger charge is -2.14. The molecule has 0 aliphatic rings. The van der Waals surface area contributed by atoms with Crippen molar-refractivity contribution >= 4 is 0 Å². The monoisotopic (exact) mass is 125 g/mol. The van der Waals surface area contributed by atoms with E-state index in [1.165, 1.54) is 0 Å². The van der Waals surface area contributed by atoms with Crippen molar-refractivity contribution in [1.29, 1.82) is 0 Å². The quantitative estimate of drug-likeness (QED) is 0.567. The molecule has 0 spiro atoms. The fourth-order valence-electron chi connectivity index (χ4n) is 0.640. The number of terminal acetylenes is 1. The molecule has 0 radical (unpaired) electrons. The fraction of sp³-hybridized carbons (Fsp3) is 0.750. The molecule has 0 aromatic rings. The molecule has 0 fully saturated rings. The minimum atomic E-state index is 0.194. The van der Waals surface area contributed by atoms with E-state index in [-0.39, 0.29) is 6.04 Å². The van der Waals surface area contributed by atoms with Gasteiger partial charge in [-0.3, -0.25) is 0 Å². The molecule has 1 heteroatoms. The summed E-state index contributed by atoms with van der Waals surface area (Å²) in [5.41, 5.74) is 5.70. The maximum absolute atomic E-state index is 5.70. The topological polar surface area (TPSA) is 26.0 Å². The second kappa shape index (κ2) is 4.40. The van der Waals surface area contributed by atoms with E-state index in [1.807, 2.05) is 0 Å². The predicted octanol–water partition coefficient (Wildman–Crippen LogP) is 1.38. The molecule has 1 nitrogen and oxygen atoms in total. The molecule has 52 valence electrons. The van der Waals surface area contributed by atoms with Gasteiger partial charge in [-0.25, -0.2) is 0 Å². The minimum absolute atomic E-state index is 0.194. The Morgan fingerprint density at radius 2 is 2.22 bits per heavy atom. The minimum Gasteiger partial charge on any atom is -0.327 e. The molecule has 0 aromatic heterocycles. The van der Waals surface area contributed by atoms with Crippen molar-refractivity contribution in [3.8, 4) is 12.3 Å². The molecule has 0 aliphatic heterocycles. The van der Waals surface area contributed by atoms with Crippen LogP contribution in [0.25, 0.3) is 0 Å². The highest BCUT2D eigenvalue weighted by Crippen LogP contribution is 2.06. The smallest absolute Gasteiger partial charge is 0.0241 e. The normalized spacial score (nSPS) is 16.2. The van der Waals surface area contributed by atoms with Crippen LogP contribution in [-0.2, 0) is 0 Å². The Bertz CT molecular complexity index is 102. The van der Waals surface area contributed by atoms with Crippen LogP contribution in [0.5, 0.6) is 0 Å². The van der Waals surface area contributed by atoms with Crippen molar-refractivity contribution in [3.63, 3.8) is 0 Å². The Kier molecular flexibility index (Phi) is 4.17. The van der Waals surface area contributed by atoms with E-state index in [2.05, 4.69) is 19.8 Å². The van der Waals surface area contributed by atoms with E-state index in [9.17, 15) is 0 Å². The van der Waals surface area contributed by atoms with Crippen molar-refractivity contribution in [2.45, 2.75) is 32.7 Å². The zero-order chi connectivity index (χ0) is 7.28. The summed E-state index contributed by atoms with van der Waals surface area (Å²) in [4.78, 5) is 0. The second-order valence-electron chi connectivity index (χ2n) is 2.46. The van der Waals surface area contributed by atoms with Crippen LogP contribution in [0.3, 0.4) is 0 Å². The zero-order valence-electron chi connectivity index (χ0n) is 6.22. The van der Waals surface area contributed by atoms with Crippen LogP contribution in [0.2, 0.25) is 0 Å². The zero-order valence-corrected chi connectivity index (χ0v) is 6.22. The molecule has 0 rings (SSSR count). The average molecular weight is 125 g/mol. The van der Waals surface area contributed by atoms with Gasteiger partial charge in [-0.1, -0.05) is 20.3 Å². The summed E-state index contributed by atoms with van der Waals surface area (Å²) in [7, 11) is 0. The number of rotatable bonds is 3. The number of hydrogen-bond donors (Lipinski definition) is 1. The Labute approximate surface area is 57.6 Å². The van der Waals surface area contributed by atoms with E-state index in [0.717, 1.165) is 6.42 Å². The summed E-state index contributed by atoms with van der Waals surface area (Å²) in [5, 5.41) is 0. The van der Waals surface area contributed by atoms with Gasteiger partial charge in [0.25, 0.3) is 0 Å². The van der Waals surface area contributed by atoms with Gasteiger partial charge in [0, 0.05) is 12.5 Å². The van der Waals surface area contributed by atoms with E-state index < -0.39 is 0 Å². The molecule has 0 bridgehead atoms. The summed E-state index contributed by atoms with van der Waals surface area (Å²) in [6.45, 7) is 4.25. The van der Waals surface area contributed by atoms with Crippen molar-refractivity contribution in [2.24, 2.45) is 11.7 Å². The third kappa shape index (κ3) is 3.16. The van der Waals surface area contributed by atoms with Crippen molar-refractivity contribution in [2.75, 3.05) is 0 Å². The average Bonchev–Trinajstić information content (AvgIpc) is 1.87. The predicted molar refractivity (Wildman–Crippen MR) is 40.9 cm³/mol. The van der Waals surface area contributed by atoms with Gasteiger partial charge in [-0.15, -0.1) is 12.3 Å². The Morgan fingerprint density at radius 3 is 2.56 bits per heavy atom. The molecule has 0 saturated carbocycles. The lowest BCUT2D eigenvalue weighted by Crippen LogP contribution is -2.26. The van der Waals surface area contributed by atoms with Crippen molar-refractivity contribution < 1.29 is 0 Å². The van der Waals surface area contributed by atoms with Crippen LogP contribution >= 0.6 is 0 Å². The van der Waals surface area contributed by atoms with Crippen LogP contribution in [0.4, 0.5) is 0 Å². The molecule has 0 amide bonds. The highest BCUT2D eigenvalue weighted by Gasteiger charge is 2.07. The summed E-state index contributed by atoms with van der Waals surface area (Å²) in [6, 6.07) is 0.194. The van der Waals surface area contributed by atoms with Crippen molar-refractivity contribution in [3.05, 3.63) is 0 Å². The van der Waals surface area contributed by atoms with Gasteiger partial charge in [0.1, 0.15) is 0 Å². The molecule has 0 heterocycles. The maximum atomic E-state index is 5.70. The van der Waals surface area contributed by atoms with Crippen LogP contribution in [-0.4, -0.2) is 6.04 Å². The van der Waals surface area contributed by atoms with Crippen LogP contribution in [0.1, 0.15) is 26.7 Å². The molecule has 0 saturated heterocycles. The molecule has 0 aliphatic carbocycles. The summed E-state index contributed by atoms with van der Waals surface area (Å²) in [5.74, 6) is 3.11. The van der Waals surface area contributed by atoms with E-state index in [0.29, 0.717) is 12.3 Å². The van der Waals surface area contributed by atoms with Gasteiger partial charge < -0.3 is 5.73 Å². The van der Waals surface area contributed by atoms with Crippen LogP contribution < -0.4 is 5.73 Å². The summed E-state index contributed by atoms with van der Waals surface area (Å²) < 4.78 is 0. The van der Waals surface area contributed by atoms with Gasteiger partial charge >= 0.3 is 0 Å². The third-order valence-electron chi connectivity index (χ3n) is 1.73. The number of hydrogen-bond acceptors (Lipinski definition) is 1. The lowest BCUT2D eigenvalue weighted by atomic mass is 9.98. The van der Waals surface area contributed by atoms with Gasteiger partial charge in [0.15, 0.2) is 0 Å². The highest BCUT2D eigenvalue weighted by atomic mass is 14.6. The van der Waals surface area contributed by atoms with Crippen LogP contribution in [0, 0.1) is 18.3 Å². The number of nitrogens with two attached hydrogens (primary N) is 1. The molecule has 0 aromatic carbocycles. The van der Waals surface area contributed by atoms with E-state index in [4.69, 9.17) is 12.2 Å². The first kappa shape index (κ1) is 8.52. The third-order valence-corrected chi connectivity index (χ3v) is 1.73. The standard InChI is InChI=1S/C8H15N/c1-4-6-8(9)7(3)5-2/h1,7-8H,5-6,9H2,2-3H3. The molecule has 2 unspecified atom stereocenters. The van der Waals surface area contributed by atoms with E-state index in [1.54, 1.807) is 0 Å². The van der Waals surface area contributed by atoms with Crippen molar-refractivity contribution in [1.82, 2.24) is 0 Å². The Hall–Kier alpha value is -0.480. The summed E-state index contributed by atoms with van der Waals surface area (Å²) >= 11 is 0. The first-order valence-electron chi connectivity index (χ1n) is 3.41. The molecular weight excluding hydrogens is 110 g/mol. The van der Waals surface area contributed by atoms with Gasteiger partial charge in [0.2, 0.25) is 0 Å². The molecule has 2 N–H and O–H groups in total. The molecular formula is C8H15N. The van der Waals surface area contributed by atoms with Crippen LogP contribution in [0.15, 0.2) is 0 Å². The van der Waals surface area contributed by atoms with Gasteiger partial charge in [-0.2, -0.15) is 0 Å². The first-order valence-corrected chi connectivity index (χ1v) is 3.41. The Morgan fingerprint density at radius 1 is 1.67 bits per heavy atom. The molecule has 9 heavy (non-hydrogen) atoms. The largest absolute Gasteiger partial charge is 0.327 e. The second-order valence-corrected chi connectivity index (χ2v) is 2.46. The lowest BCUT2D eigenvalue weighted by molar-refractivity contribution is 0.449. The van der Waals surface area contributed by atoms with Gasteiger partial charge in [-0.05, 0) is 5.92 Å². The maximum Gasteiger partial charge on any atom is 0.0241 e. The summed E-state index contributed by atoms with van der Waals surface area (Å²) in [6.07, 6.45) is 6.91.